The Morgan fingerprint density at radius 1 is 1.25 bits per heavy atom. The van der Waals surface area contributed by atoms with E-state index in [1.807, 2.05) is 0 Å². The molecule has 72 valence electrons. The molecule has 0 aromatic heterocycles. The van der Waals surface area contributed by atoms with E-state index in [2.05, 4.69) is 5.32 Å². The van der Waals surface area contributed by atoms with Gasteiger partial charge in [-0.1, -0.05) is 12.8 Å². The maximum Gasteiger partial charge on any atom is 0.0700 e. The van der Waals surface area contributed by atoms with Gasteiger partial charge >= 0.3 is 0 Å². The van der Waals surface area contributed by atoms with Gasteiger partial charge in [-0.2, -0.15) is 0 Å². The molecule has 2 nitrogen and oxygen atoms in total. The van der Waals surface area contributed by atoms with Crippen LogP contribution >= 0.6 is 0 Å². The molecule has 0 spiro atoms. The minimum Gasteiger partial charge on any atom is -1.00 e. The molecular formula is C9H17ClNO-. The van der Waals surface area contributed by atoms with Gasteiger partial charge in [0, 0.05) is 12.5 Å². The van der Waals surface area contributed by atoms with Crippen LogP contribution in [0.5, 0.6) is 0 Å². The predicted octanol–water partition coefficient (Wildman–Crippen LogP) is -2.09. The average molecular weight is 191 g/mol. The van der Waals surface area contributed by atoms with Gasteiger partial charge in [-0.3, -0.25) is 0 Å². The van der Waals surface area contributed by atoms with E-state index in [1.54, 1.807) is 0 Å². The molecule has 0 radical (unpaired) electrons. The number of halogens is 1. The molecule has 2 N–H and O–H groups in total. The Bertz CT molecular complexity index is 139. The number of rotatable bonds is 0. The van der Waals surface area contributed by atoms with Crippen molar-refractivity contribution in [1.29, 1.82) is 0 Å². The Balaban J connectivity index is 0.000000720. The normalized spacial score (nSPS) is 41.2. The van der Waals surface area contributed by atoms with E-state index in [4.69, 9.17) is 0 Å². The Labute approximate surface area is 80.1 Å². The largest absolute Gasteiger partial charge is 1.00 e. The van der Waals surface area contributed by atoms with Crippen LogP contribution in [-0.2, 0) is 0 Å². The lowest BCUT2D eigenvalue weighted by Crippen LogP contribution is -3.00. The summed E-state index contributed by atoms with van der Waals surface area (Å²) in [7, 11) is 0. The summed E-state index contributed by atoms with van der Waals surface area (Å²) in [6.07, 6.45) is 5.78. The van der Waals surface area contributed by atoms with Gasteiger partial charge in [0.2, 0.25) is 0 Å². The van der Waals surface area contributed by atoms with Crippen LogP contribution < -0.4 is 17.7 Å². The first-order valence-corrected chi connectivity index (χ1v) is 4.74. The summed E-state index contributed by atoms with van der Waals surface area (Å²) in [4.78, 5) is 0. The second kappa shape index (κ2) is 3.95. The Morgan fingerprint density at radius 3 is 2.83 bits per heavy atom. The minimum absolute atomic E-state index is 0. The predicted molar refractivity (Wildman–Crippen MR) is 44.4 cm³/mol. The Morgan fingerprint density at radius 2 is 2.08 bits per heavy atom. The molecule has 2 rings (SSSR count). The first-order chi connectivity index (χ1) is 5.31. The van der Waals surface area contributed by atoms with Crippen LogP contribution in [0.1, 0.15) is 32.1 Å². The van der Waals surface area contributed by atoms with Crippen LogP contribution in [0.2, 0.25) is 0 Å². The summed E-state index contributed by atoms with van der Waals surface area (Å²) in [5.74, 6) is 0.546. The maximum atomic E-state index is 10.2. The molecule has 2 aliphatic rings. The second-order valence-corrected chi connectivity index (χ2v) is 4.00. The molecule has 1 saturated heterocycles. The molecule has 12 heavy (non-hydrogen) atoms. The smallest absolute Gasteiger partial charge is 0.0700 e. The fraction of sp³-hybridized carbons (Fsp3) is 1.00. The fourth-order valence-electron chi connectivity index (χ4n) is 2.50. The van der Waals surface area contributed by atoms with Gasteiger partial charge in [0.1, 0.15) is 0 Å². The van der Waals surface area contributed by atoms with Crippen LogP contribution in [0.4, 0.5) is 0 Å². The lowest BCUT2D eigenvalue weighted by molar-refractivity contribution is -0.0671. The lowest BCUT2D eigenvalue weighted by Gasteiger charge is -2.43. The summed E-state index contributed by atoms with van der Waals surface area (Å²) in [6.45, 7) is 2.05. The fourth-order valence-corrected chi connectivity index (χ4v) is 2.50. The van der Waals surface area contributed by atoms with Crippen LogP contribution in [0.3, 0.4) is 0 Å². The number of fused-ring (bicyclic) bond motifs is 1. The van der Waals surface area contributed by atoms with Gasteiger partial charge < -0.3 is 22.8 Å². The molecule has 0 bridgehead atoms. The highest BCUT2D eigenvalue weighted by Gasteiger charge is 2.39. The SMILES string of the molecule is O[C@]12CCCC[C@H]1CNCC2.[Cl-]. The third kappa shape index (κ3) is 1.76. The van der Waals surface area contributed by atoms with E-state index in [9.17, 15) is 5.11 Å². The zero-order valence-electron chi connectivity index (χ0n) is 7.35. The number of hydrogen-bond acceptors (Lipinski definition) is 2. The molecule has 1 aliphatic heterocycles. The van der Waals surface area contributed by atoms with Gasteiger partial charge in [0.15, 0.2) is 0 Å². The van der Waals surface area contributed by atoms with Gasteiger partial charge in [-0.15, -0.1) is 0 Å². The molecule has 0 aromatic rings. The summed E-state index contributed by atoms with van der Waals surface area (Å²) < 4.78 is 0. The quantitative estimate of drug-likeness (QED) is 0.459. The van der Waals surface area contributed by atoms with Gasteiger partial charge in [0.25, 0.3) is 0 Å². The van der Waals surface area contributed by atoms with E-state index in [0.717, 1.165) is 25.9 Å². The van der Waals surface area contributed by atoms with Crippen LogP contribution in [0.25, 0.3) is 0 Å². The summed E-state index contributed by atoms with van der Waals surface area (Å²) in [5, 5.41) is 13.5. The first kappa shape index (κ1) is 10.3. The van der Waals surface area contributed by atoms with Gasteiger partial charge in [-0.25, -0.2) is 0 Å². The summed E-state index contributed by atoms with van der Waals surface area (Å²) in [5.41, 5.74) is -0.288. The van der Waals surface area contributed by atoms with Crippen molar-refractivity contribution in [2.75, 3.05) is 13.1 Å². The van der Waals surface area contributed by atoms with Crippen molar-refractivity contribution >= 4 is 0 Å². The number of hydrogen-bond donors (Lipinski definition) is 2. The number of nitrogens with one attached hydrogen (secondary N) is 1. The molecule has 2 fully saturated rings. The van der Waals surface area contributed by atoms with E-state index in [1.165, 1.54) is 19.3 Å². The lowest BCUT2D eigenvalue weighted by atomic mass is 9.72. The molecule has 0 unspecified atom stereocenters. The monoisotopic (exact) mass is 190 g/mol. The Hall–Kier alpha value is 0.210. The highest BCUT2D eigenvalue weighted by Crippen LogP contribution is 2.37. The van der Waals surface area contributed by atoms with Gasteiger partial charge in [-0.05, 0) is 25.8 Å². The van der Waals surface area contributed by atoms with Crippen LogP contribution in [-0.4, -0.2) is 23.8 Å². The van der Waals surface area contributed by atoms with Crippen molar-refractivity contribution < 1.29 is 17.5 Å². The van der Waals surface area contributed by atoms with Crippen molar-refractivity contribution in [2.24, 2.45) is 5.92 Å². The Kier molecular flexibility index (Phi) is 3.38. The highest BCUT2D eigenvalue weighted by atomic mass is 35.5. The molecule has 2 atom stereocenters. The average Bonchev–Trinajstić information content (AvgIpc) is 2.03. The third-order valence-electron chi connectivity index (χ3n) is 3.30. The van der Waals surface area contributed by atoms with Gasteiger partial charge in [0.05, 0.1) is 5.60 Å². The van der Waals surface area contributed by atoms with Crippen LogP contribution in [0, 0.1) is 5.92 Å². The molecular weight excluding hydrogens is 174 g/mol. The molecule has 1 aliphatic carbocycles. The van der Waals surface area contributed by atoms with E-state index >= 15 is 0 Å². The second-order valence-electron chi connectivity index (χ2n) is 4.00. The summed E-state index contributed by atoms with van der Waals surface area (Å²) >= 11 is 0. The molecule has 0 amide bonds. The number of aliphatic hydroxyl groups is 1. The maximum absolute atomic E-state index is 10.2. The van der Waals surface area contributed by atoms with Crippen molar-refractivity contribution in [2.45, 2.75) is 37.7 Å². The minimum atomic E-state index is -0.288. The van der Waals surface area contributed by atoms with Crippen molar-refractivity contribution in [1.82, 2.24) is 5.32 Å². The summed E-state index contributed by atoms with van der Waals surface area (Å²) in [6, 6.07) is 0. The molecule has 0 aromatic carbocycles. The topological polar surface area (TPSA) is 32.3 Å². The molecule has 3 heteroatoms. The van der Waals surface area contributed by atoms with E-state index < -0.39 is 0 Å². The zero-order valence-corrected chi connectivity index (χ0v) is 8.11. The highest BCUT2D eigenvalue weighted by molar-refractivity contribution is 4.94. The van der Waals surface area contributed by atoms with E-state index in [-0.39, 0.29) is 18.0 Å². The first-order valence-electron chi connectivity index (χ1n) is 4.74. The van der Waals surface area contributed by atoms with Crippen LogP contribution in [0.15, 0.2) is 0 Å². The molecule has 1 saturated carbocycles. The standard InChI is InChI=1S/C9H17NO.ClH/c11-9-4-2-1-3-8(9)7-10-6-5-9;/h8,10-11H,1-7H2;1H/p-1/t8-,9-;/m0./s1. The molecule has 1 heterocycles. The van der Waals surface area contributed by atoms with E-state index in [0.29, 0.717) is 5.92 Å². The third-order valence-corrected chi connectivity index (χ3v) is 3.30. The zero-order chi connectivity index (χ0) is 7.73. The number of piperidine rings is 1. The van der Waals surface area contributed by atoms with Crippen molar-refractivity contribution in [3.05, 3.63) is 0 Å². The van der Waals surface area contributed by atoms with Crippen molar-refractivity contribution in [3.8, 4) is 0 Å². The van der Waals surface area contributed by atoms with Crippen molar-refractivity contribution in [3.63, 3.8) is 0 Å².